The Kier molecular flexibility index (Phi) is 5.05. The lowest BCUT2D eigenvalue weighted by Crippen LogP contribution is -2.52. The Morgan fingerprint density at radius 2 is 2.26 bits per heavy atom. The van der Waals surface area contributed by atoms with Crippen LogP contribution >= 0.6 is 0 Å². The second kappa shape index (κ2) is 7.40. The van der Waals surface area contributed by atoms with Crippen LogP contribution in [0.4, 0.5) is 5.69 Å². The SMILES string of the molecule is O=C(CC1=CCCCC1)NC1CCCN(c2cccnc2)C1=O. The van der Waals surface area contributed by atoms with Gasteiger partial charge in [-0.15, -0.1) is 0 Å². The molecular formula is C18H23N3O2. The van der Waals surface area contributed by atoms with Crippen molar-refractivity contribution in [3.8, 4) is 0 Å². The van der Waals surface area contributed by atoms with Crippen LogP contribution < -0.4 is 10.2 Å². The molecule has 1 unspecified atom stereocenters. The van der Waals surface area contributed by atoms with Gasteiger partial charge in [-0.3, -0.25) is 14.6 Å². The number of piperidine rings is 1. The largest absolute Gasteiger partial charge is 0.344 e. The van der Waals surface area contributed by atoms with E-state index in [1.54, 1.807) is 17.3 Å². The van der Waals surface area contributed by atoms with Crippen LogP contribution in [0.15, 0.2) is 36.2 Å². The van der Waals surface area contributed by atoms with E-state index >= 15 is 0 Å². The third-order valence-electron chi connectivity index (χ3n) is 4.50. The minimum Gasteiger partial charge on any atom is -0.344 e. The molecule has 1 fully saturated rings. The maximum Gasteiger partial charge on any atom is 0.249 e. The summed E-state index contributed by atoms with van der Waals surface area (Å²) in [5.41, 5.74) is 2.01. The number of rotatable bonds is 4. The monoisotopic (exact) mass is 313 g/mol. The Morgan fingerprint density at radius 1 is 1.35 bits per heavy atom. The number of amides is 2. The van der Waals surface area contributed by atoms with Crippen LogP contribution in [0.25, 0.3) is 0 Å². The number of nitrogens with zero attached hydrogens (tertiary/aromatic N) is 2. The number of pyridine rings is 1. The van der Waals surface area contributed by atoms with Crippen LogP contribution in [0.1, 0.15) is 44.9 Å². The first kappa shape index (κ1) is 15.7. The van der Waals surface area contributed by atoms with Crippen LogP contribution in [0.2, 0.25) is 0 Å². The molecule has 2 heterocycles. The van der Waals surface area contributed by atoms with E-state index in [4.69, 9.17) is 0 Å². The smallest absolute Gasteiger partial charge is 0.249 e. The molecule has 1 N–H and O–H groups in total. The number of carbonyl (C=O) groups is 2. The van der Waals surface area contributed by atoms with Gasteiger partial charge in [0.25, 0.3) is 0 Å². The van der Waals surface area contributed by atoms with E-state index in [0.717, 1.165) is 31.4 Å². The quantitative estimate of drug-likeness (QED) is 0.869. The molecule has 1 aliphatic carbocycles. The number of hydrogen-bond donors (Lipinski definition) is 1. The fraction of sp³-hybridized carbons (Fsp3) is 0.500. The lowest BCUT2D eigenvalue weighted by atomic mass is 9.96. The van der Waals surface area contributed by atoms with Crippen molar-refractivity contribution in [3.05, 3.63) is 36.2 Å². The predicted molar refractivity (Wildman–Crippen MR) is 88.9 cm³/mol. The minimum absolute atomic E-state index is 0.0322. The first-order chi connectivity index (χ1) is 11.2. The molecule has 1 atom stereocenters. The van der Waals surface area contributed by atoms with Crippen molar-refractivity contribution < 1.29 is 9.59 Å². The number of nitrogens with one attached hydrogen (secondary N) is 1. The molecule has 0 radical (unpaired) electrons. The molecule has 1 saturated heterocycles. The molecule has 5 heteroatoms. The van der Waals surface area contributed by atoms with Crippen molar-refractivity contribution in [2.24, 2.45) is 0 Å². The molecule has 1 aliphatic heterocycles. The van der Waals surface area contributed by atoms with Crippen molar-refractivity contribution in [1.82, 2.24) is 10.3 Å². The number of aromatic nitrogens is 1. The average molecular weight is 313 g/mol. The van der Waals surface area contributed by atoms with Gasteiger partial charge in [-0.05, 0) is 50.7 Å². The molecule has 122 valence electrons. The van der Waals surface area contributed by atoms with Crippen molar-refractivity contribution in [2.45, 2.75) is 51.0 Å². The van der Waals surface area contributed by atoms with Crippen molar-refractivity contribution in [2.75, 3.05) is 11.4 Å². The summed E-state index contributed by atoms with van der Waals surface area (Å²) >= 11 is 0. The highest BCUT2D eigenvalue weighted by Crippen LogP contribution is 2.22. The highest BCUT2D eigenvalue weighted by atomic mass is 16.2. The Bertz CT molecular complexity index is 598. The standard InChI is InChI=1S/C18H23N3O2/c22-17(12-14-6-2-1-3-7-14)20-16-9-5-11-21(18(16)23)15-8-4-10-19-13-15/h4,6,8,10,13,16H,1-3,5,7,9,11-12H2,(H,20,22). The fourth-order valence-electron chi connectivity index (χ4n) is 3.30. The first-order valence-electron chi connectivity index (χ1n) is 8.43. The highest BCUT2D eigenvalue weighted by Gasteiger charge is 2.30. The van der Waals surface area contributed by atoms with Gasteiger partial charge in [0.15, 0.2) is 0 Å². The van der Waals surface area contributed by atoms with Crippen LogP contribution in [0.3, 0.4) is 0 Å². The van der Waals surface area contributed by atoms with E-state index in [9.17, 15) is 9.59 Å². The molecule has 1 aromatic heterocycles. The van der Waals surface area contributed by atoms with Crippen LogP contribution in [0, 0.1) is 0 Å². The van der Waals surface area contributed by atoms with Gasteiger partial charge in [0.1, 0.15) is 6.04 Å². The molecule has 0 aromatic carbocycles. The number of hydrogen-bond acceptors (Lipinski definition) is 3. The van der Waals surface area contributed by atoms with Gasteiger partial charge in [-0.25, -0.2) is 0 Å². The summed E-state index contributed by atoms with van der Waals surface area (Å²) in [6.45, 7) is 0.683. The summed E-state index contributed by atoms with van der Waals surface area (Å²) in [5.74, 6) is -0.0697. The molecule has 0 bridgehead atoms. The molecule has 2 aliphatic rings. The van der Waals surface area contributed by atoms with Gasteiger partial charge in [0, 0.05) is 19.2 Å². The summed E-state index contributed by atoms with van der Waals surface area (Å²) in [6, 6.07) is 3.28. The van der Waals surface area contributed by atoms with Crippen molar-refractivity contribution in [3.63, 3.8) is 0 Å². The second-order valence-electron chi connectivity index (χ2n) is 6.25. The second-order valence-corrected chi connectivity index (χ2v) is 6.25. The Hall–Kier alpha value is -2.17. The fourth-order valence-corrected chi connectivity index (χ4v) is 3.30. The molecule has 5 nitrogen and oxygen atoms in total. The third-order valence-corrected chi connectivity index (χ3v) is 4.50. The molecular weight excluding hydrogens is 290 g/mol. The van der Waals surface area contributed by atoms with E-state index in [1.807, 2.05) is 12.1 Å². The molecule has 0 saturated carbocycles. The van der Waals surface area contributed by atoms with E-state index < -0.39 is 6.04 Å². The first-order valence-corrected chi connectivity index (χ1v) is 8.43. The summed E-state index contributed by atoms with van der Waals surface area (Å²) < 4.78 is 0. The van der Waals surface area contributed by atoms with Crippen LogP contribution in [-0.4, -0.2) is 29.4 Å². The molecule has 0 spiro atoms. The van der Waals surface area contributed by atoms with Gasteiger partial charge in [-0.1, -0.05) is 11.6 Å². The topological polar surface area (TPSA) is 62.3 Å². The highest BCUT2D eigenvalue weighted by molar-refractivity contribution is 5.99. The molecule has 3 rings (SSSR count). The lowest BCUT2D eigenvalue weighted by molar-refractivity contribution is -0.128. The third kappa shape index (κ3) is 3.97. The number of carbonyl (C=O) groups excluding carboxylic acids is 2. The van der Waals surface area contributed by atoms with E-state index in [0.29, 0.717) is 19.4 Å². The van der Waals surface area contributed by atoms with Crippen LogP contribution in [0.5, 0.6) is 0 Å². The van der Waals surface area contributed by atoms with Crippen molar-refractivity contribution in [1.29, 1.82) is 0 Å². The van der Waals surface area contributed by atoms with Gasteiger partial charge >= 0.3 is 0 Å². The predicted octanol–water partition coefficient (Wildman–Crippen LogP) is 2.58. The van der Waals surface area contributed by atoms with Gasteiger partial charge < -0.3 is 10.2 Å². The van der Waals surface area contributed by atoms with Gasteiger partial charge in [0.05, 0.1) is 11.9 Å². The maximum absolute atomic E-state index is 12.6. The Balaban J connectivity index is 1.60. The maximum atomic E-state index is 12.6. The number of allylic oxidation sites excluding steroid dienone is 1. The molecule has 2 amide bonds. The van der Waals surface area contributed by atoms with E-state index in [2.05, 4.69) is 16.4 Å². The zero-order valence-electron chi connectivity index (χ0n) is 13.3. The summed E-state index contributed by atoms with van der Waals surface area (Å²) in [6.07, 6.45) is 12.0. The molecule has 23 heavy (non-hydrogen) atoms. The Labute approximate surface area is 136 Å². The lowest BCUT2D eigenvalue weighted by Gasteiger charge is -2.32. The minimum atomic E-state index is -0.416. The number of anilines is 1. The summed E-state index contributed by atoms with van der Waals surface area (Å²) in [7, 11) is 0. The van der Waals surface area contributed by atoms with Crippen LogP contribution in [-0.2, 0) is 9.59 Å². The normalized spacial score (nSPS) is 21.7. The average Bonchev–Trinajstić information content (AvgIpc) is 2.58. The van der Waals surface area contributed by atoms with Crippen molar-refractivity contribution >= 4 is 17.5 Å². The van der Waals surface area contributed by atoms with Gasteiger partial charge in [-0.2, -0.15) is 0 Å². The van der Waals surface area contributed by atoms with E-state index in [-0.39, 0.29) is 11.8 Å². The zero-order valence-corrected chi connectivity index (χ0v) is 13.3. The molecule has 1 aromatic rings. The summed E-state index contributed by atoms with van der Waals surface area (Å²) in [4.78, 5) is 30.6. The zero-order chi connectivity index (χ0) is 16.1. The van der Waals surface area contributed by atoms with E-state index in [1.165, 1.54) is 12.0 Å². The summed E-state index contributed by atoms with van der Waals surface area (Å²) in [5, 5.41) is 2.92. The Morgan fingerprint density at radius 3 is 3.00 bits per heavy atom. The van der Waals surface area contributed by atoms with Gasteiger partial charge in [0.2, 0.25) is 11.8 Å².